The Morgan fingerprint density at radius 2 is 2.08 bits per heavy atom. The van der Waals surface area contributed by atoms with Crippen molar-refractivity contribution in [2.45, 2.75) is 38.1 Å². The van der Waals surface area contributed by atoms with Gasteiger partial charge in [-0.1, -0.05) is 0 Å². The molecule has 2 rings (SSSR count). The maximum absolute atomic E-state index is 11.8. The van der Waals surface area contributed by atoms with E-state index in [0.717, 1.165) is 12.7 Å². The Kier molecular flexibility index (Phi) is 7.40. The van der Waals surface area contributed by atoms with Gasteiger partial charge < -0.3 is 37.6 Å². The van der Waals surface area contributed by atoms with Crippen LogP contribution < -0.4 is 9.79 Å². The molecule has 12 heteroatoms. The summed E-state index contributed by atoms with van der Waals surface area (Å²) in [6, 6.07) is 1.80. The summed E-state index contributed by atoms with van der Waals surface area (Å²) in [7, 11) is -8.03. The van der Waals surface area contributed by atoms with Gasteiger partial charge in [-0.25, -0.2) is 0 Å². The molecular formula is C13H21NO9P2-2. The van der Waals surface area contributed by atoms with Gasteiger partial charge in [0, 0.05) is 25.9 Å². The third-order valence-corrected chi connectivity index (χ3v) is 5.51. The van der Waals surface area contributed by atoms with Crippen molar-refractivity contribution in [1.29, 1.82) is 0 Å². The lowest BCUT2D eigenvalue weighted by Gasteiger charge is -2.29. The second kappa shape index (κ2) is 8.90. The Morgan fingerprint density at radius 3 is 2.72 bits per heavy atom. The Morgan fingerprint density at radius 1 is 1.32 bits per heavy atom. The minimum absolute atomic E-state index is 0.0695. The highest BCUT2D eigenvalue weighted by atomic mass is 31.2. The van der Waals surface area contributed by atoms with Crippen molar-refractivity contribution in [2.24, 2.45) is 0 Å². The molecule has 5 atom stereocenters. The van der Waals surface area contributed by atoms with Crippen LogP contribution in [0.1, 0.15) is 18.9 Å². The zero-order valence-corrected chi connectivity index (χ0v) is 15.7. The molecule has 1 saturated heterocycles. The van der Waals surface area contributed by atoms with Crippen molar-refractivity contribution in [3.8, 4) is 0 Å². The van der Waals surface area contributed by atoms with E-state index < -0.39 is 34.5 Å². The zero-order chi connectivity index (χ0) is 18.5. The number of phosphoric acid groups is 2. The van der Waals surface area contributed by atoms with E-state index in [1.165, 1.54) is 0 Å². The standard InChI is InChI=1S/C13H23NO9P2/c1-10-7-12(23-24(15,16)19-2)13(22-10)9-21-25(17,18)20-6-4-11-3-5-14-8-11/h3,5,8,10,12-14H,4,6-7,9H2,1-2H3,(H,15,16)(H,17,18)/p-2/t10?,12-,13?/m1/s1. The molecule has 0 aliphatic carbocycles. The first kappa shape index (κ1) is 20.8. The van der Waals surface area contributed by atoms with E-state index >= 15 is 0 Å². The van der Waals surface area contributed by atoms with Gasteiger partial charge in [-0.15, -0.1) is 0 Å². The lowest BCUT2D eigenvalue weighted by molar-refractivity contribution is -0.232. The van der Waals surface area contributed by atoms with Gasteiger partial charge in [-0.3, -0.25) is 9.13 Å². The van der Waals surface area contributed by atoms with Crippen LogP contribution in [-0.2, 0) is 38.4 Å². The zero-order valence-electron chi connectivity index (χ0n) is 13.9. The number of hydrogen-bond acceptors (Lipinski definition) is 9. The van der Waals surface area contributed by atoms with Crippen molar-refractivity contribution in [3.63, 3.8) is 0 Å². The molecule has 25 heavy (non-hydrogen) atoms. The molecule has 1 aromatic rings. The third-order valence-electron chi connectivity index (χ3n) is 3.57. The molecule has 4 unspecified atom stereocenters. The predicted octanol–water partition coefficient (Wildman–Crippen LogP) is 0.736. The van der Waals surface area contributed by atoms with E-state index in [0.29, 0.717) is 6.42 Å². The quantitative estimate of drug-likeness (QED) is 0.565. The largest absolute Gasteiger partial charge is 0.756 e. The molecule has 2 heterocycles. The number of aromatic nitrogens is 1. The van der Waals surface area contributed by atoms with E-state index in [2.05, 4.69) is 9.51 Å². The van der Waals surface area contributed by atoms with E-state index in [4.69, 9.17) is 18.3 Å². The summed E-state index contributed by atoms with van der Waals surface area (Å²) < 4.78 is 47.3. The summed E-state index contributed by atoms with van der Waals surface area (Å²) in [4.78, 5) is 26.0. The fourth-order valence-electron chi connectivity index (χ4n) is 2.38. The Bertz CT molecular complexity index is 623. The third kappa shape index (κ3) is 6.94. The van der Waals surface area contributed by atoms with Gasteiger partial charge >= 0.3 is 0 Å². The van der Waals surface area contributed by atoms with Gasteiger partial charge in [-0.05, 0) is 25.0 Å². The number of nitrogens with one attached hydrogen (secondary N) is 1. The first-order valence-electron chi connectivity index (χ1n) is 7.63. The smallest absolute Gasteiger partial charge is 0.267 e. The summed E-state index contributed by atoms with van der Waals surface area (Å²) >= 11 is 0. The second-order valence-corrected chi connectivity index (χ2v) is 8.42. The van der Waals surface area contributed by atoms with E-state index in [1.54, 1.807) is 25.4 Å². The van der Waals surface area contributed by atoms with Crippen LogP contribution in [0.5, 0.6) is 0 Å². The Balaban J connectivity index is 1.80. The molecule has 0 radical (unpaired) electrons. The van der Waals surface area contributed by atoms with Gasteiger partial charge in [0.15, 0.2) is 0 Å². The highest BCUT2D eigenvalue weighted by molar-refractivity contribution is 7.46. The highest BCUT2D eigenvalue weighted by Crippen LogP contribution is 2.44. The van der Waals surface area contributed by atoms with Crippen LogP contribution in [0.3, 0.4) is 0 Å². The second-order valence-electron chi connectivity index (χ2n) is 5.54. The Hall–Kier alpha value is -0.540. The number of hydrogen-bond donors (Lipinski definition) is 1. The van der Waals surface area contributed by atoms with Gasteiger partial charge in [0.1, 0.15) is 6.10 Å². The summed E-state index contributed by atoms with van der Waals surface area (Å²) in [6.07, 6.45) is 2.04. The van der Waals surface area contributed by atoms with Crippen LogP contribution in [-0.4, -0.2) is 43.6 Å². The molecule has 1 N–H and O–H groups in total. The number of rotatable bonds is 10. The predicted molar refractivity (Wildman–Crippen MR) is 82.4 cm³/mol. The van der Waals surface area contributed by atoms with Crippen molar-refractivity contribution in [3.05, 3.63) is 24.0 Å². The van der Waals surface area contributed by atoms with Gasteiger partial charge in [0.2, 0.25) is 0 Å². The number of phosphoric ester groups is 2. The van der Waals surface area contributed by atoms with Crippen LogP contribution >= 0.6 is 15.6 Å². The molecule has 0 bridgehead atoms. The van der Waals surface area contributed by atoms with E-state index in [-0.39, 0.29) is 19.1 Å². The molecule has 0 amide bonds. The summed E-state index contributed by atoms with van der Waals surface area (Å²) in [5, 5.41) is 0. The van der Waals surface area contributed by atoms with Gasteiger partial charge in [0.25, 0.3) is 15.6 Å². The average molecular weight is 397 g/mol. The number of ether oxygens (including phenoxy) is 1. The van der Waals surface area contributed by atoms with Crippen molar-refractivity contribution >= 4 is 15.6 Å². The topological polar surface area (TPSA) is 142 Å². The molecule has 0 aromatic carbocycles. The van der Waals surface area contributed by atoms with Crippen LogP contribution in [0.4, 0.5) is 0 Å². The van der Waals surface area contributed by atoms with Crippen LogP contribution in [0.15, 0.2) is 18.5 Å². The lowest BCUT2D eigenvalue weighted by atomic mass is 10.1. The van der Waals surface area contributed by atoms with Gasteiger partial charge in [0.05, 0.1) is 25.4 Å². The molecule has 1 aliphatic heterocycles. The van der Waals surface area contributed by atoms with Crippen LogP contribution in [0.25, 0.3) is 0 Å². The maximum Gasteiger partial charge on any atom is 0.267 e. The minimum Gasteiger partial charge on any atom is -0.756 e. The molecule has 144 valence electrons. The maximum atomic E-state index is 11.8. The molecule has 1 aliphatic rings. The molecule has 1 aromatic heterocycles. The molecule has 1 fully saturated rings. The van der Waals surface area contributed by atoms with Gasteiger partial charge in [-0.2, -0.15) is 0 Å². The van der Waals surface area contributed by atoms with Crippen LogP contribution in [0.2, 0.25) is 0 Å². The molecule has 0 spiro atoms. The van der Waals surface area contributed by atoms with Crippen molar-refractivity contribution < 1.29 is 41.7 Å². The lowest BCUT2D eigenvalue weighted by Crippen LogP contribution is -2.30. The molecular weight excluding hydrogens is 376 g/mol. The molecule has 0 saturated carbocycles. The van der Waals surface area contributed by atoms with Crippen molar-refractivity contribution in [1.82, 2.24) is 4.98 Å². The first-order chi connectivity index (χ1) is 11.7. The SMILES string of the molecule is COP(=O)([O-])O[C@@H]1CC(C)OC1COP(=O)([O-])OCCc1cc[nH]c1. The minimum atomic E-state index is -4.54. The summed E-state index contributed by atoms with van der Waals surface area (Å²) in [6.45, 7) is 1.23. The first-order valence-corrected chi connectivity index (χ1v) is 10.6. The summed E-state index contributed by atoms with van der Waals surface area (Å²) in [5.41, 5.74) is 0.896. The van der Waals surface area contributed by atoms with E-state index in [9.17, 15) is 18.9 Å². The average Bonchev–Trinajstić information content (AvgIpc) is 3.15. The number of aromatic amines is 1. The monoisotopic (exact) mass is 397 g/mol. The Labute approximate surface area is 145 Å². The van der Waals surface area contributed by atoms with E-state index in [1.807, 2.05) is 0 Å². The fraction of sp³-hybridized carbons (Fsp3) is 0.692. The fourth-order valence-corrected chi connectivity index (χ4v) is 3.74. The summed E-state index contributed by atoms with van der Waals surface area (Å²) in [5.74, 6) is 0. The highest BCUT2D eigenvalue weighted by Gasteiger charge is 2.37. The molecule has 10 nitrogen and oxygen atoms in total. The number of H-pyrrole nitrogens is 1. The van der Waals surface area contributed by atoms with Crippen molar-refractivity contribution in [2.75, 3.05) is 20.3 Å². The van der Waals surface area contributed by atoms with Crippen LogP contribution in [0, 0.1) is 0 Å². The normalized spacial score (nSPS) is 28.6.